The zero-order valence-electron chi connectivity index (χ0n) is 10.7. The molecule has 2 atom stereocenters. The predicted molar refractivity (Wildman–Crippen MR) is 68.5 cm³/mol. The third-order valence-corrected chi connectivity index (χ3v) is 4.79. The van der Waals surface area contributed by atoms with Gasteiger partial charge in [-0.1, -0.05) is 6.92 Å². The molecule has 102 valence electrons. The maximum absolute atomic E-state index is 11.9. The average Bonchev–Trinajstić information content (AvgIpc) is 2.35. The largest absolute Gasteiger partial charge is 0.377 e. The normalized spacial score (nSPS) is 23.5. The Labute approximate surface area is 104 Å². The topological polar surface area (TPSA) is 67.4 Å². The van der Waals surface area contributed by atoms with Crippen molar-refractivity contribution >= 4 is 10.0 Å². The highest BCUT2D eigenvalue weighted by atomic mass is 32.2. The summed E-state index contributed by atoms with van der Waals surface area (Å²) in [5, 5.41) is 2.63. The Hall–Kier alpha value is -0.170. The Morgan fingerprint density at radius 1 is 1.41 bits per heavy atom. The van der Waals surface area contributed by atoms with Gasteiger partial charge in [-0.15, -0.1) is 0 Å². The summed E-state index contributed by atoms with van der Waals surface area (Å²) < 4.78 is 31.9. The Bertz CT molecular complexity index is 300. The van der Waals surface area contributed by atoms with Crippen molar-refractivity contribution in [3.63, 3.8) is 0 Å². The fourth-order valence-corrected chi connectivity index (χ4v) is 2.82. The van der Waals surface area contributed by atoms with Gasteiger partial charge in [-0.25, -0.2) is 13.1 Å². The molecule has 1 fully saturated rings. The van der Waals surface area contributed by atoms with Gasteiger partial charge in [0.25, 0.3) is 0 Å². The van der Waals surface area contributed by atoms with Crippen LogP contribution in [0.1, 0.15) is 33.1 Å². The van der Waals surface area contributed by atoms with Crippen LogP contribution in [0.2, 0.25) is 0 Å². The van der Waals surface area contributed by atoms with Crippen molar-refractivity contribution in [1.82, 2.24) is 10.0 Å². The number of sulfonamides is 1. The second kappa shape index (κ2) is 7.31. The minimum Gasteiger partial charge on any atom is -0.377 e. The summed E-state index contributed by atoms with van der Waals surface area (Å²) in [5.41, 5.74) is 0. The van der Waals surface area contributed by atoms with Gasteiger partial charge in [-0.2, -0.15) is 0 Å². The number of hydrogen-bond donors (Lipinski definition) is 2. The fourth-order valence-electron chi connectivity index (χ4n) is 1.78. The molecule has 1 rings (SSSR count). The first-order valence-electron chi connectivity index (χ1n) is 6.37. The molecule has 0 aromatic carbocycles. The smallest absolute Gasteiger partial charge is 0.215 e. The van der Waals surface area contributed by atoms with E-state index in [4.69, 9.17) is 4.74 Å². The molecule has 2 unspecified atom stereocenters. The zero-order valence-corrected chi connectivity index (χ0v) is 11.6. The summed E-state index contributed by atoms with van der Waals surface area (Å²) in [7, 11) is -3.22. The first-order valence-corrected chi connectivity index (χ1v) is 7.91. The fraction of sp³-hybridized carbons (Fsp3) is 1.00. The molecule has 0 bridgehead atoms. The van der Waals surface area contributed by atoms with E-state index in [0.29, 0.717) is 13.1 Å². The first-order chi connectivity index (χ1) is 8.06. The number of nitrogens with one attached hydrogen (secondary N) is 2. The summed E-state index contributed by atoms with van der Waals surface area (Å²) in [6, 6.07) is 0. The van der Waals surface area contributed by atoms with Crippen LogP contribution in [0.15, 0.2) is 0 Å². The summed E-state index contributed by atoms with van der Waals surface area (Å²) in [6.07, 6.45) is 3.20. The van der Waals surface area contributed by atoms with E-state index in [1.165, 1.54) is 0 Å². The van der Waals surface area contributed by atoms with Crippen LogP contribution in [0.3, 0.4) is 0 Å². The van der Waals surface area contributed by atoms with Gasteiger partial charge in [0, 0.05) is 19.7 Å². The van der Waals surface area contributed by atoms with E-state index in [1.54, 1.807) is 6.92 Å². The van der Waals surface area contributed by atoms with E-state index in [1.807, 2.05) is 6.92 Å². The molecule has 2 N–H and O–H groups in total. The molecule has 1 aliphatic heterocycles. The lowest BCUT2D eigenvalue weighted by Crippen LogP contribution is -2.42. The van der Waals surface area contributed by atoms with Crippen LogP contribution in [0.25, 0.3) is 0 Å². The lowest BCUT2D eigenvalue weighted by atomic mass is 10.1. The first kappa shape index (κ1) is 14.9. The van der Waals surface area contributed by atoms with E-state index < -0.39 is 15.3 Å². The van der Waals surface area contributed by atoms with Crippen molar-refractivity contribution in [2.24, 2.45) is 0 Å². The minimum absolute atomic E-state index is 0.0462. The molecule has 0 saturated carbocycles. The van der Waals surface area contributed by atoms with E-state index in [2.05, 4.69) is 10.0 Å². The summed E-state index contributed by atoms with van der Waals surface area (Å²) in [6.45, 7) is 6.09. The van der Waals surface area contributed by atoms with Crippen molar-refractivity contribution < 1.29 is 13.2 Å². The van der Waals surface area contributed by atoms with Crippen LogP contribution in [-0.2, 0) is 14.8 Å². The van der Waals surface area contributed by atoms with Crippen LogP contribution >= 0.6 is 0 Å². The maximum Gasteiger partial charge on any atom is 0.215 e. The van der Waals surface area contributed by atoms with E-state index >= 15 is 0 Å². The molecule has 1 aliphatic rings. The molecule has 0 aromatic rings. The van der Waals surface area contributed by atoms with Crippen LogP contribution < -0.4 is 10.0 Å². The molecule has 1 heterocycles. The molecule has 0 aromatic heterocycles. The third-order valence-electron chi connectivity index (χ3n) is 3.00. The maximum atomic E-state index is 11.9. The quantitative estimate of drug-likeness (QED) is 0.701. The van der Waals surface area contributed by atoms with Crippen LogP contribution in [0, 0.1) is 0 Å². The molecule has 0 spiro atoms. The Kier molecular flexibility index (Phi) is 6.40. The van der Waals surface area contributed by atoms with Gasteiger partial charge in [0.1, 0.15) is 0 Å². The lowest BCUT2D eigenvalue weighted by molar-refractivity contribution is 0.0200. The Balaban J connectivity index is 2.32. The summed E-state index contributed by atoms with van der Waals surface area (Å²) >= 11 is 0. The van der Waals surface area contributed by atoms with Crippen molar-refractivity contribution in [2.45, 2.75) is 44.5 Å². The van der Waals surface area contributed by atoms with Crippen molar-refractivity contribution in [3.8, 4) is 0 Å². The van der Waals surface area contributed by atoms with Crippen LogP contribution in [-0.4, -0.2) is 46.0 Å². The van der Waals surface area contributed by atoms with Gasteiger partial charge in [-0.05, 0) is 32.7 Å². The summed E-state index contributed by atoms with van der Waals surface area (Å²) in [4.78, 5) is 0. The Morgan fingerprint density at radius 2 is 2.18 bits per heavy atom. The second-order valence-corrected chi connectivity index (χ2v) is 6.68. The van der Waals surface area contributed by atoms with Gasteiger partial charge in [0.15, 0.2) is 0 Å². The molecular weight excluding hydrogens is 240 g/mol. The molecular formula is C11H24N2O3S. The molecule has 0 amide bonds. The molecule has 0 radical (unpaired) electrons. The van der Waals surface area contributed by atoms with Crippen LogP contribution in [0.5, 0.6) is 0 Å². The van der Waals surface area contributed by atoms with Crippen molar-refractivity contribution in [2.75, 3.05) is 26.2 Å². The number of ether oxygens (including phenoxy) is 1. The van der Waals surface area contributed by atoms with Crippen LogP contribution in [0.4, 0.5) is 0 Å². The van der Waals surface area contributed by atoms with E-state index in [9.17, 15) is 8.42 Å². The van der Waals surface area contributed by atoms with Crippen molar-refractivity contribution in [3.05, 3.63) is 0 Å². The number of hydrogen-bond acceptors (Lipinski definition) is 4. The second-order valence-electron chi connectivity index (χ2n) is 4.50. The molecule has 6 heteroatoms. The highest BCUT2D eigenvalue weighted by Gasteiger charge is 2.22. The lowest BCUT2D eigenvalue weighted by Gasteiger charge is -2.23. The average molecular weight is 264 g/mol. The van der Waals surface area contributed by atoms with Gasteiger partial charge in [0.2, 0.25) is 10.0 Å². The van der Waals surface area contributed by atoms with Crippen molar-refractivity contribution in [1.29, 1.82) is 0 Å². The van der Waals surface area contributed by atoms with Gasteiger partial charge in [-0.3, -0.25) is 0 Å². The summed E-state index contributed by atoms with van der Waals surface area (Å²) in [5.74, 6) is 0. The van der Waals surface area contributed by atoms with Gasteiger partial charge < -0.3 is 10.1 Å². The van der Waals surface area contributed by atoms with E-state index in [-0.39, 0.29) is 6.10 Å². The minimum atomic E-state index is -3.22. The molecule has 0 aliphatic carbocycles. The zero-order chi connectivity index (χ0) is 12.7. The van der Waals surface area contributed by atoms with E-state index in [0.717, 1.165) is 32.4 Å². The SMILES string of the molecule is CCNCC(C)S(=O)(=O)NCC1CCCCO1. The predicted octanol–water partition coefficient (Wildman–Crippen LogP) is 0.473. The number of rotatable bonds is 7. The van der Waals surface area contributed by atoms with Gasteiger partial charge in [0.05, 0.1) is 11.4 Å². The standard InChI is InChI=1S/C11H24N2O3S/c1-3-12-8-10(2)17(14,15)13-9-11-6-4-5-7-16-11/h10-13H,3-9H2,1-2H3. The molecule has 1 saturated heterocycles. The monoisotopic (exact) mass is 264 g/mol. The highest BCUT2D eigenvalue weighted by molar-refractivity contribution is 7.90. The highest BCUT2D eigenvalue weighted by Crippen LogP contribution is 2.12. The third kappa shape index (κ3) is 5.33. The van der Waals surface area contributed by atoms with Gasteiger partial charge >= 0.3 is 0 Å². The Morgan fingerprint density at radius 3 is 2.76 bits per heavy atom. The molecule has 17 heavy (non-hydrogen) atoms. The molecule has 5 nitrogen and oxygen atoms in total.